The SMILES string of the molecule is Cc1ccc(/C=C/C(=O)N2CCN(c3ccc(Cl)cn3)CC2)cc1Cl. The summed E-state index contributed by atoms with van der Waals surface area (Å²) >= 11 is 12.0. The van der Waals surface area contributed by atoms with Gasteiger partial charge in [-0.1, -0.05) is 35.3 Å². The Hall–Kier alpha value is -2.04. The second-order valence-electron chi connectivity index (χ2n) is 5.99. The quantitative estimate of drug-likeness (QED) is 0.758. The molecule has 0 bridgehead atoms. The van der Waals surface area contributed by atoms with Gasteiger partial charge in [-0.15, -0.1) is 0 Å². The van der Waals surface area contributed by atoms with Crippen molar-refractivity contribution in [3.05, 3.63) is 63.8 Å². The Labute approximate surface area is 157 Å². The highest BCUT2D eigenvalue weighted by Gasteiger charge is 2.20. The van der Waals surface area contributed by atoms with Gasteiger partial charge >= 0.3 is 0 Å². The Balaban J connectivity index is 1.56. The molecule has 1 aliphatic rings. The van der Waals surface area contributed by atoms with Crippen molar-refractivity contribution in [3.63, 3.8) is 0 Å². The van der Waals surface area contributed by atoms with Crippen LogP contribution in [0.4, 0.5) is 5.82 Å². The second-order valence-corrected chi connectivity index (χ2v) is 6.83. The first-order valence-corrected chi connectivity index (χ1v) is 8.88. The number of carbonyl (C=O) groups excluding carboxylic acids is 1. The second kappa shape index (κ2) is 7.89. The van der Waals surface area contributed by atoms with Crippen LogP contribution in [0.3, 0.4) is 0 Å². The highest BCUT2D eigenvalue weighted by Crippen LogP contribution is 2.18. The minimum absolute atomic E-state index is 0.0143. The topological polar surface area (TPSA) is 36.4 Å². The van der Waals surface area contributed by atoms with Crippen molar-refractivity contribution in [3.8, 4) is 0 Å². The fourth-order valence-corrected chi connectivity index (χ4v) is 3.00. The van der Waals surface area contributed by atoms with Crippen molar-refractivity contribution in [2.24, 2.45) is 0 Å². The summed E-state index contributed by atoms with van der Waals surface area (Å²) in [5.41, 5.74) is 1.95. The molecule has 0 unspecified atom stereocenters. The number of aryl methyl sites for hydroxylation is 1. The number of piperazine rings is 1. The lowest BCUT2D eigenvalue weighted by Crippen LogP contribution is -2.48. The minimum atomic E-state index is 0.0143. The van der Waals surface area contributed by atoms with Gasteiger partial charge in [-0.3, -0.25) is 4.79 Å². The fourth-order valence-electron chi connectivity index (χ4n) is 2.70. The maximum atomic E-state index is 12.4. The molecule has 1 aromatic heterocycles. The van der Waals surface area contributed by atoms with Crippen LogP contribution in [0, 0.1) is 6.92 Å². The largest absolute Gasteiger partial charge is 0.353 e. The van der Waals surface area contributed by atoms with Crippen molar-refractivity contribution < 1.29 is 4.79 Å². The molecular formula is C19H19Cl2N3O. The molecule has 0 N–H and O–H groups in total. The summed E-state index contributed by atoms with van der Waals surface area (Å²) in [6, 6.07) is 9.50. The number of nitrogens with zero attached hydrogens (tertiary/aromatic N) is 3. The van der Waals surface area contributed by atoms with E-state index < -0.39 is 0 Å². The third kappa shape index (κ3) is 4.53. The summed E-state index contributed by atoms with van der Waals surface area (Å²) in [5.74, 6) is 0.904. The number of halogens is 2. The van der Waals surface area contributed by atoms with E-state index in [1.165, 1.54) is 0 Å². The Morgan fingerprint density at radius 2 is 1.88 bits per heavy atom. The van der Waals surface area contributed by atoms with Crippen LogP contribution in [0.5, 0.6) is 0 Å². The number of carbonyl (C=O) groups is 1. The van der Waals surface area contributed by atoms with Gasteiger partial charge in [-0.25, -0.2) is 4.98 Å². The van der Waals surface area contributed by atoms with Crippen molar-refractivity contribution in [1.82, 2.24) is 9.88 Å². The van der Waals surface area contributed by atoms with E-state index in [2.05, 4.69) is 9.88 Å². The predicted molar refractivity (Wildman–Crippen MR) is 103 cm³/mol. The van der Waals surface area contributed by atoms with Gasteiger partial charge in [0.2, 0.25) is 5.91 Å². The summed E-state index contributed by atoms with van der Waals surface area (Å²) in [6.07, 6.45) is 5.06. The molecule has 0 spiro atoms. The minimum Gasteiger partial charge on any atom is -0.353 e. The molecule has 1 aliphatic heterocycles. The highest BCUT2D eigenvalue weighted by atomic mass is 35.5. The molecule has 0 atom stereocenters. The summed E-state index contributed by atoms with van der Waals surface area (Å²) < 4.78 is 0. The summed E-state index contributed by atoms with van der Waals surface area (Å²) in [7, 11) is 0. The Morgan fingerprint density at radius 1 is 1.12 bits per heavy atom. The van der Waals surface area contributed by atoms with E-state index in [0.717, 1.165) is 30.0 Å². The van der Waals surface area contributed by atoms with Crippen LogP contribution in [0.2, 0.25) is 10.0 Å². The third-order valence-corrected chi connectivity index (χ3v) is 4.87. The molecular weight excluding hydrogens is 357 g/mol. The average Bonchev–Trinajstić information content (AvgIpc) is 2.63. The van der Waals surface area contributed by atoms with E-state index in [4.69, 9.17) is 23.2 Å². The highest BCUT2D eigenvalue weighted by molar-refractivity contribution is 6.31. The average molecular weight is 376 g/mol. The van der Waals surface area contributed by atoms with Crippen molar-refractivity contribution in [2.75, 3.05) is 31.1 Å². The van der Waals surface area contributed by atoms with Crippen LogP contribution in [0.25, 0.3) is 6.08 Å². The molecule has 25 heavy (non-hydrogen) atoms. The van der Waals surface area contributed by atoms with Crippen molar-refractivity contribution in [2.45, 2.75) is 6.92 Å². The van der Waals surface area contributed by atoms with E-state index in [1.54, 1.807) is 18.3 Å². The third-order valence-electron chi connectivity index (χ3n) is 4.24. The van der Waals surface area contributed by atoms with E-state index in [-0.39, 0.29) is 5.91 Å². The molecule has 4 nitrogen and oxygen atoms in total. The van der Waals surface area contributed by atoms with Crippen LogP contribution in [0.15, 0.2) is 42.6 Å². The molecule has 3 rings (SSSR count). The molecule has 1 saturated heterocycles. The fraction of sp³-hybridized carbons (Fsp3) is 0.263. The zero-order chi connectivity index (χ0) is 17.8. The first kappa shape index (κ1) is 17.8. The number of hydrogen-bond acceptors (Lipinski definition) is 3. The summed E-state index contributed by atoms with van der Waals surface area (Å²) in [5, 5.41) is 1.33. The lowest BCUT2D eigenvalue weighted by atomic mass is 10.1. The van der Waals surface area contributed by atoms with Crippen LogP contribution in [-0.4, -0.2) is 42.0 Å². The Morgan fingerprint density at radius 3 is 2.52 bits per heavy atom. The van der Waals surface area contributed by atoms with E-state index >= 15 is 0 Å². The van der Waals surface area contributed by atoms with E-state index in [1.807, 2.05) is 42.2 Å². The molecule has 0 radical (unpaired) electrons. The lowest BCUT2D eigenvalue weighted by Gasteiger charge is -2.34. The molecule has 1 amide bonds. The lowest BCUT2D eigenvalue weighted by molar-refractivity contribution is -0.126. The molecule has 6 heteroatoms. The number of anilines is 1. The van der Waals surface area contributed by atoms with Gasteiger partial charge in [-0.05, 0) is 42.3 Å². The predicted octanol–water partition coefficient (Wildman–Crippen LogP) is 4.06. The van der Waals surface area contributed by atoms with Gasteiger partial charge in [0.1, 0.15) is 5.82 Å². The van der Waals surface area contributed by atoms with Crippen molar-refractivity contribution in [1.29, 1.82) is 0 Å². The van der Waals surface area contributed by atoms with Gasteiger partial charge in [0.25, 0.3) is 0 Å². The molecule has 2 heterocycles. The molecule has 1 fully saturated rings. The zero-order valence-corrected chi connectivity index (χ0v) is 15.5. The van der Waals surface area contributed by atoms with Gasteiger partial charge in [0, 0.05) is 43.5 Å². The van der Waals surface area contributed by atoms with E-state index in [9.17, 15) is 4.79 Å². The first-order valence-electron chi connectivity index (χ1n) is 8.12. The standard InChI is InChI=1S/C19H19Cl2N3O/c1-14-2-3-15(12-17(14)21)4-7-19(25)24-10-8-23(9-11-24)18-6-5-16(20)13-22-18/h2-7,12-13H,8-11H2,1H3/b7-4+. The van der Waals surface area contributed by atoms with Crippen LogP contribution < -0.4 is 4.90 Å². The molecule has 0 saturated carbocycles. The van der Waals surface area contributed by atoms with Crippen LogP contribution in [0.1, 0.15) is 11.1 Å². The summed E-state index contributed by atoms with van der Waals surface area (Å²) in [6.45, 7) is 4.80. The Bertz CT molecular complexity index is 782. The molecule has 0 aliphatic carbocycles. The number of benzene rings is 1. The normalized spacial score (nSPS) is 15.0. The van der Waals surface area contributed by atoms with Gasteiger partial charge in [0.15, 0.2) is 0 Å². The van der Waals surface area contributed by atoms with Gasteiger partial charge in [0.05, 0.1) is 5.02 Å². The molecule has 130 valence electrons. The van der Waals surface area contributed by atoms with Crippen molar-refractivity contribution >= 4 is 41.0 Å². The van der Waals surface area contributed by atoms with Crippen LogP contribution >= 0.6 is 23.2 Å². The Kier molecular flexibility index (Phi) is 5.61. The molecule has 1 aromatic carbocycles. The summed E-state index contributed by atoms with van der Waals surface area (Å²) in [4.78, 5) is 20.7. The first-order chi connectivity index (χ1) is 12.0. The number of aromatic nitrogens is 1. The van der Waals surface area contributed by atoms with Gasteiger partial charge in [-0.2, -0.15) is 0 Å². The molecule has 2 aromatic rings. The number of rotatable bonds is 3. The van der Waals surface area contributed by atoms with Gasteiger partial charge < -0.3 is 9.80 Å². The van der Waals surface area contributed by atoms with Crippen LogP contribution in [-0.2, 0) is 4.79 Å². The smallest absolute Gasteiger partial charge is 0.246 e. The number of pyridine rings is 1. The van der Waals surface area contributed by atoms with E-state index in [0.29, 0.717) is 23.1 Å². The monoisotopic (exact) mass is 375 g/mol. The zero-order valence-electron chi connectivity index (χ0n) is 14.0. The number of hydrogen-bond donors (Lipinski definition) is 0. The number of amides is 1. The maximum absolute atomic E-state index is 12.4. The maximum Gasteiger partial charge on any atom is 0.246 e.